The van der Waals surface area contributed by atoms with Gasteiger partial charge in [0, 0.05) is 10.9 Å². The first kappa shape index (κ1) is 13.3. The number of rotatable bonds is 2. The topological polar surface area (TPSA) is 63.3 Å². The predicted octanol–water partition coefficient (Wildman–Crippen LogP) is 3.72. The van der Waals surface area contributed by atoms with Crippen LogP contribution in [0.4, 0.5) is 13.2 Å². The van der Waals surface area contributed by atoms with Gasteiger partial charge in [0.25, 0.3) is 0 Å². The zero-order chi connectivity index (χ0) is 13.5. The summed E-state index contributed by atoms with van der Waals surface area (Å²) in [6.45, 7) is 0. The lowest BCUT2D eigenvalue weighted by molar-refractivity contribution is -0.141. The van der Waals surface area contributed by atoms with E-state index in [0.717, 1.165) is 2.88 Å². The monoisotopic (exact) mass is 389 g/mol. The molecule has 1 N–H and O–H groups in total. The summed E-state index contributed by atoms with van der Waals surface area (Å²) in [7, 11) is 0. The fourth-order valence-corrected chi connectivity index (χ4v) is 2.52. The van der Waals surface area contributed by atoms with Gasteiger partial charge in [-0.3, -0.25) is 0 Å². The third-order valence-corrected chi connectivity index (χ3v) is 3.69. The Balaban J connectivity index is 2.56. The van der Waals surface area contributed by atoms with Crippen LogP contribution < -0.4 is 0 Å². The Morgan fingerprint density at radius 3 is 2.56 bits per heavy atom. The fourth-order valence-electron chi connectivity index (χ4n) is 1.20. The molecule has 0 aliphatic carbocycles. The normalized spacial score (nSPS) is 11.8. The van der Waals surface area contributed by atoms with Gasteiger partial charge < -0.3 is 9.52 Å². The first-order chi connectivity index (χ1) is 8.29. The number of hydrogen-bond acceptors (Lipinski definition) is 4. The van der Waals surface area contributed by atoms with Crippen molar-refractivity contribution in [3.05, 3.63) is 25.8 Å². The minimum absolute atomic E-state index is 0.322. The van der Waals surface area contributed by atoms with Crippen molar-refractivity contribution >= 4 is 39.9 Å². The zero-order valence-corrected chi connectivity index (χ0v) is 11.3. The lowest BCUT2D eigenvalue weighted by Crippen LogP contribution is -2.11. The summed E-state index contributed by atoms with van der Waals surface area (Å²) in [5, 5.41) is 10.2. The third-order valence-electron chi connectivity index (χ3n) is 1.90. The van der Waals surface area contributed by atoms with Gasteiger partial charge in [-0.05, 0) is 28.7 Å². The van der Waals surface area contributed by atoms with Crippen molar-refractivity contribution in [1.82, 2.24) is 4.98 Å². The standard InChI is InChI=1S/C9H3F3INO3S/c10-9(11,12)6-5(8(15)16)17-7(14-6)3-1-4(13)18-2-3/h1-2H,(H,15,16). The summed E-state index contributed by atoms with van der Waals surface area (Å²) in [4.78, 5) is 13.9. The molecule has 2 aromatic heterocycles. The highest BCUT2D eigenvalue weighted by Gasteiger charge is 2.41. The van der Waals surface area contributed by atoms with Crippen LogP contribution in [-0.2, 0) is 6.18 Å². The van der Waals surface area contributed by atoms with Crippen LogP contribution in [0.5, 0.6) is 0 Å². The Morgan fingerprint density at radius 1 is 1.50 bits per heavy atom. The highest BCUT2D eigenvalue weighted by Crippen LogP contribution is 2.35. The van der Waals surface area contributed by atoms with Crippen LogP contribution in [0.15, 0.2) is 15.9 Å². The molecule has 0 aliphatic heterocycles. The Bertz CT molecular complexity index is 604. The Hall–Kier alpha value is -1.10. The van der Waals surface area contributed by atoms with Crippen LogP contribution in [0.25, 0.3) is 11.5 Å². The summed E-state index contributed by atoms with van der Waals surface area (Å²) in [5.41, 5.74) is -1.20. The fraction of sp³-hybridized carbons (Fsp3) is 0.111. The minimum Gasteiger partial charge on any atom is -0.475 e. The average Bonchev–Trinajstić information content (AvgIpc) is 2.81. The molecule has 4 nitrogen and oxygen atoms in total. The van der Waals surface area contributed by atoms with Gasteiger partial charge in [0.05, 0.1) is 2.88 Å². The van der Waals surface area contributed by atoms with Gasteiger partial charge in [-0.15, -0.1) is 11.3 Å². The summed E-state index contributed by atoms with van der Waals surface area (Å²) in [6, 6.07) is 1.56. The number of hydrogen-bond donors (Lipinski definition) is 1. The van der Waals surface area contributed by atoms with Crippen LogP contribution >= 0.6 is 33.9 Å². The summed E-state index contributed by atoms with van der Waals surface area (Å²) >= 11 is 3.27. The maximum absolute atomic E-state index is 12.6. The number of aromatic nitrogens is 1. The van der Waals surface area contributed by atoms with Crippen molar-refractivity contribution in [3.63, 3.8) is 0 Å². The second-order valence-corrected chi connectivity index (χ2v) is 5.94. The largest absolute Gasteiger partial charge is 0.475 e. The third kappa shape index (κ3) is 2.51. The molecule has 0 spiro atoms. The number of carboxylic acid groups (broad SMARTS) is 1. The molecule has 0 amide bonds. The second kappa shape index (κ2) is 4.53. The van der Waals surface area contributed by atoms with E-state index < -0.39 is 23.6 Å². The summed E-state index contributed by atoms with van der Waals surface area (Å²) < 4.78 is 43.2. The van der Waals surface area contributed by atoms with Gasteiger partial charge in [0.1, 0.15) is 0 Å². The van der Waals surface area contributed by atoms with Crippen molar-refractivity contribution < 1.29 is 27.5 Å². The number of alkyl halides is 3. The molecule has 0 aliphatic rings. The Labute approximate surface area is 116 Å². The van der Waals surface area contributed by atoms with Crippen LogP contribution in [0.3, 0.4) is 0 Å². The van der Waals surface area contributed by atoms with Gasteiger partial charge in [-0.2, -0.15) is 13.2 Å². The molecule has 0 bridgehead atoms. The van der Waals surface area contributed by atoms with Gasteiger partial charge in [-0.1, -0.05) is 0 Å². The second-order valence-electron chi connectivity index (χ2n) is 3.14. The van der Waals surface area contributed by atoms with Gasteiger partial charge in [0.2, 0.25) is 11.7 Å². The molecular weight excluding hydrogens is 386 g/mol. The number of nitrogens with zero attached hydrogens (tertiary/aromatic N) is 1. The number of thiophene rings is 1. The van der Waals surface area contributed by atoms with E-state index in [9.17, 15) is 18.0 Å². The quantitative estimate of drug-likeness (QED) is 0.796. The van der Waals surface area contributed by atoms with E-state index in [1.807, 2.05) is 22.6 Å². The SMILES string of the molecule is O=C(O)c1oc(-c2csc(I)c2)nc1C(F)(F)F. The van der Waals surface area contributed by atoms with Crippen molar-refractivity contribution in [2.45, 2.75) is 6.18 Å². The van der Waals surface area contributed by atoms with Crippen LogP contribution in [0.2, 0.25) is 0 Å². The van der Waals surface area contributed by atoms with E-state index >= 15 is 0 Å². The number of aromatic carboxylic acids is 1. The van der Waals surface area contributed by atoms with E-state index in [2.05, 4.69) is 9.40 Å². The molecule has 0 atom stereocenters. The first-order valence-corrected chi connectivity index (χ1v) is 6.30. The molecule has 2 rings (SSSR count). The van der Waals surface area contributed by atoms with Crippen LogP contribution in [0.1, 0.15) is 16.2 Å². The number of oxazole rings is 1. The van der Waals surface area contributed by atoms with E-state index in [1.54, 1.807) is 11.4 Å². The minimum atomic E-state index is -4.86. The highest BCUT2D eigenvalue weighted by atomic mass is 127. The maximum Gasteiger partial charge on any atom is 0.437 e. The Morgan fingerprint density at radius 2 is 2.17 bits per heavy atom. The molecule has 2 aromatic rings. The molecule has 0 saturated heterocycles. The molecule has 0 radical (unpaired) electrons. The first-order valence-electron chi connectivity index (χ1n) is 4.34. The van der Waals surface area contributed by atoms with E-state index in [4.69, 9.17) is 5.11 Å². The molecule has 9 heteroatoms. The lowest BCUT2D eigenvalue weighted by atomic mass is 10.3. The Kier molecular flexibility index (Phi) is 3.36. The average molecular weight is 389 g/mol. The lowest BCUT2D eigenvalue weighted by Gasteiger charge is -2.00. The predicted molar refractivity (Wildman–Crippen MR) is 64.5 cm³/mol. The maximum atomic E-state index is 12.6. The van der Waals surface area contributed by atoms with Crippen molar-refractivity contribution in [1.29, 1.82) is 0 Å². The van der Waals surface area contributed by atoms with Crippen molar-refractivity contribution in [2.75, 3.05) is 0 Å². The number of halogens is 4. The van der Waals surface area contributed by atoms with Crippen molar-refractivity contribution in [3.8, 4) is 11.5 Å². The molecule has 0 unspecified atom stereocenters. The zero-order valence-electron chi connectivity index (χ0n) is 8.29. The molecule has 2 heterocycles. The van der Waals surface area contributed by atoms with Gasteiger partial charge in [-0.25, -0.2) is 9.78 Å². The molecule has 18 heavy (non-hydrogen) atoms. The van der Waals surface area contributed by atoms with Crippen LogP contribution in [0, 0.1) is 2.88 Å². The number of carbonyl (C=O) groups is 1. The smallest absolute Gasteiger partial charge is 0.437 e. The van der Waals surface area contributed by atoms with Crippen molar-refractivity contribution in [2.24, 2.45) is 0 Å². The molecule has 96 valence electrons. The molecular formula is C9H3F3INO3S. The highest BCUT2D eigenvalue weighted by molar-refractivity contribution is 14.1. The van der Waals surface area contributed by atoms with E-state index in [1.165, 1.54) is 11.3 Å². The molecule has 0 fully saturated rings. The molecule has 0 aromatic carbocycles. The number of carboxylic acids is 1. The van der Waals surface area contributed by atoms with Gasteiger partial charge in [0.15, 0.2) is 5.69 Å². The van der Waals surface area contributed by atoms with Gasteiger partial charge >= 0.3 is 12.1 Å². The van der Waals surface area contributed by atoms with E-state index in [0.29, 0.717) is 5.56 Å². The molecule has 0 saturated carbocycles. The van der Waals surface area contributed by atoms with E-state index in [-0.39, 0.29) is 5.89 Å². The summed E-state index contributed by atoms with van der Waals surface area (Å²) in [6.07, 6.45) is -4.86. The summed E-state index contributed by atoms with van der Waals surface area (Å²) in [5.74, 6) is -3.34. The van der Waals surface area contributed by atoms with Crippen LogP contribution in [-0.4, -0.2) is 16.1 Å².